The molecule has 0 unspecified atom stereocenters. The van der Waals surface area contributed by atoms with Gasteiger partial charge >= 0.3 is 5.97 Å². The Morgan fingerprint density at radius 1 is 1.43 bits per heavy atom. The highest BCUT2D eigenvalue weighted by Crippen LogP contribution is 2.25. The first-order valence-corrected chi connectivity index (χ1v) is 9.21. The molecular weight excluding hydrogens is 358 g/mol. The Bertz CT molecular complexity index is 1110. The monoisotopic (exact) mass is 379 g/mol. The van der Waals surface area contributed by atoms with Crippen LogP contribution in [-0.4, -0.2) is 36.9 Å². The SMILES string of the molecule is C=CCn1nc(C(=O)O)c2c1CC[C@H](NCc1nc3ccccc3c(=O)[nH]1)C2. The van der Waals surface area contributed by atoms with Crippen LogP contribution in [0.5, 0.6) is 0 Å². The van der Waals surface area contributed by atoms with Crippen molar-refractivity contribution >= 4 is 16.9 Å². The third-order valence-corrected chi connectivity index (χ3v) is 5.07. The Balaban J connectivity index is 1.52. The number of aromatic amines is 1. The van der Waals surface area contributed by atoms with E-state index in [1.807, 2.05) is 18.2 Å². The number of carbonyl (C=O) groups is 1. The molecule has 0 saturated heterocycles. The van der Waals surface area contributed by atoms with Crippen molar-refractivity contribution in [1.82, 2.24) is 25.1 Å². The van der Waals surface area contributed by atoms with E-state index in [2.05, 4.69) is 27.0 Å². The van der Waals surface area contributed by atoms with Crippen molar-refractivity contribution < 1.29 is 9.90 Å². The van der Waals surface area contributed by atoms with Gasteiger partial charge < -0.3 is 15.4 Å². The molecule has 3 aromatic rings. The van der Waals surface area contributed by atoms with Crippen LogP contribution in [0.25, 0.3) is 10.9 Å². The lowest BCUT2D eigenvalue weighted by Gasteiger charge is -2.24. The summed E-state index contributed by atoms with van der Waals surface area (Å²) in [6.07, 6.45) is 3.88. The lowest BCUT2D eigenvalue weighted by Crippen LogP contribution is -2.35. The molecule has 2 aromatic heterocycles. The molecule has 1 aliphatic rings. The number of para-hydroxylation sites is 1. The van der Waals surface area contributed by atoms with Gasteiger partial charge in [-0.25, -0.2) is 9.78 Å². The Hall–Kier alpha value is -3.26. The number of allylic oxidation sites excluding steroid dienone is 1. The van der Waals surface area contributed by atoms with Crippen LogP contribution in [0.1, 0.15) is 34.0 Å². The smallest absolute Gasteiger partial charge is 0.356 e. The zero-order valence-electron chi connectivity index (χ0n) is 15.3. The van der Waals surface area contributed by atoms with Crippen molar-refractivity contribution in [1.29, 1.82) is 0 Å². The lowest BCUT2D eigenvalue weighted by molar-refractivity contribution is 0.0688. The summed E-state index contributed by atoms with van der Waals surface area (Å²) in [7, 11) is 0. The molecule has 0 saturated carbocycles. The summed E-state index contributed by atoms with van der Waals surface area (Å²) in [5.41, 5.74) is 2.35. The van der Waals surface area contributed by atoms with Gasteiger partial charge in [0, 0.05) is 17.3 Å². The van der Waals surface area contributed by atoms with Gasteiger partial charge in [0.15, 0.2) is 5.69 Å². The molecule has 0 amide bonds. The molecule has 144 valence electrons. The molecule has 1 aliphatic carbocycles. The molecule has 8 heteroatoms. The zero-order valence-corrected chi connectivity index (χ0v) is 15.3. The van der Waals surface area contributed by atoms with Gasteiger partial charge in [0.25, 0.3) is 5.56 Å². The van der Waals surface area contributed by atoms with Crippen molar-refractivity contribution in [2.45, 2.75) is 38.4 Å². The van der Waals surface area contributed by atoms with Gasteiger partial charge in [-0.2, -0.15) is 5.10 Å². The van der Waals surface area contributed by atoms with E-state index in [-0.39, 0.29) is 17.3 Å². The number of nitrogens with zero attached hydrogens (tertiary/aromatic N) is 3. The van der Waals surface area contributed by atoms with E-state index in [0.717, 1.165) is 24.1 Å². The predicted molar refractivity (Wildman–Crippen MR) is 104 cm³/mol. The standard InChI is InChI=1S/C20H21N5O3/c1-2-9-25-16-8-7-12(10-14(16)18(24-25)20(27)28)21-11-17-22-15-6-4-3-5-13(15)19(26)23-17/h2-6,12,21H,1,7-11H2,(H,27,28)(H,22,23,26)/t12-/m0/s1. The minimum Gasteiger partial charge on any atom is -0.476 e. The van der Waals surface area contributed by atoms with Crippen LogP contribution in [0.15, 0.2) is 41.7 Å². The second-order valence-electron chi connectivity index (χ2n) is 6.90. The molecule has 1 atom stereocenters. The summed E-state index contributed by atoms with van der Waals surface area (Å²) < 4.78 is 1.73. The number of nitrogens with one attached hydrogen (secondary N) is 2. The van der Waals surface area contributed by atoms with E-state index in [4.69, 9.17) is 0 Å². The first-order valence-electron chi connectivity index (χ1n) is 9.21. The van der Waals surface area contributed by atoms with Crippen LogP contribution >= 0.6 is 0 Å². The van der Waals surface area contributed by atoms with Crippen molar-refractivity contribution in [2.24, 2.45) is 0 Å². The maximum absolute atomic E-state index is 12.2. The quantitative estimate of drug-likeness (QED) is 0.562. The van der Waals surface area contributed by atoms with Crippen LogP contribution in [0, 0.1) is 0 Å². The minimum absolute atomic E-state index is 0.0868. The number of carboxylic acid groups (broad SMARTS) is 1. The second kappa shape index (κ2) is 7.40. The molecule has 1 aromatic carbocycles. The molecular formula is C20H21N5O3. The second-order valence-corrected chi connectivity index (χ2v) is 6.90. The Morgan fingerprint density at radius 2 is 2.25 bits per heavy atom. The molecule has 3 N–H and O–H groups in total. The van der Waals surface area contributed by atoms with Crippen molar-refractivity contribution in [3.05, 3.63) is 70.0 Å². The van der Waals surface area contributed by atoms with E-state index >= 15 is 0 Å². The van der Waals surface area contributed by atoms with Crippen LogP contribution < -0.4 is 10.9 Å². The molecule has 0 fully saturated rings. The molecule has 2 heterocycles. The largest absolute Gasteiger partial charge is 0.476 e. The van der Waals surface area contributed by atoms with Gasteiger partial charge in [-0.1, -0.05) is 18.2 Å². The van der Waals surface area contributed by atoms with Crippen LogP contribution in [0.2, 0.25) is 0 Å². The summed E-state index contributed by atoms with van der Waals surface area (Å²) in [4.78, 5) is 31.1. The highest BCUT2D eigenvalue weighted by Gasteiger charge is 2.28. The number of aromatic carboxylic acids is 1. The maximum atomic E-state index is 12.2. The van der Waals surface area contributed by atoms with E-state index < -0.39 is 5.97 Å². The third-order valence-electron chi connectivity index (χ3n) is 5.07. The van der Waals surface area contributed by atoms with E-state index in [9.17, 15) is 14.7 Å². The number of carboxylic acids is 1. The molecule has 0 radical (unpaired) electrons. The van der Waals surface area contributed by atoms with Crippen molar-refractivity contribution in [3.8, 4) is 0 Å². The number of hydrogen-bond donors (Lipinski definition) is 3. The van der Waals surface area contributed by atoms with Gasteiger partial charge in [0.05, 0.1) is 24.0 Å². The predicted octanol–water partition coefficient (Wildman–Crippen LogP) is 1.65. The number of H-pyrrole nitrogens is 1. The Kier molecular flexibility index (Phi) is 4.79. The van der Waals surface area contributed by atoms with Crippen molar-refractivity contribution in [3.63, 3.8) is 0 Å². The van der Waals surface area contributed by atoms with E-state index in [0.29, 0.717) is 36.2 Å². The number of fused-ring (bicyclic) bond motifs is 2. The highest BCUT2D eigenvalue weighted by molar-refractivity contribution is 5.87. The molecule has 28 heavy (non-hydrogen) atoms. The summed E-state index contributed by atoms with van der Waals surface area (Å²) in [6.45, 7) is 4.61. The number of aromatic nitrogens is 4. The fourth-order valence-electron chi connectivity index (χ4n) is 3.77. The van der Waals surface area contributed by atoms with Gasteiger partial charge in [-0.05, 0) is 31.4 Å². The molecule has 8 nitrogen and oxygen atoms in total. The topological polar surface area (TPSA) is 113 Å². The summed E-state index contributed by atoms with van der Waals surface area (Å²) in [5.74, 6) is -0.449. The summed E-state index contributed by atoms with van der Waals surface area (Å²) >= 11 is 0. The molecule has 0 aliphatic heterocycles. The normalized spacial score (nSPS) is 16.1. The zero-order chi connectivity index (χ0) is 19.7. The van der Waals surface area contributed by atoms with Crippen molar-refractivity contribution in [2.75, 3.05) is 0 Å². The number of benzene rings is 1. The van der Waals surface area contributed by atoms with E-state index in [1.54, 1.807) is 16.8 Å². The number of hydrogen-bond acceptors (Lipinski definition) is 5. The van der Waals surface area contributed by atoms with Gasteiger partial charge in [0.1, 0.15) is 5.82 Å². The Labute approximate surface area is 160 Å². The van der Waals surface area contributed by atoms with Gasteiger partial charge in [-0.3, -0.25) is 9.48 Å². The van der Waals surface area contributed by atoms with Gasteiger partial charge in [-0.15, -0.1) is 6.58 Å². The van der Waals surface area contributed by atoms with Crippen LogP contribution in [-0.2, 0) is 25.9 Å². The lowest BCUT2D eigenvalue weighted by atomic mass is 9.91. The molecule has 0 bridgehead atoms. The summed E-state index contributed by atoms with van der Waals surface area (Å²) in [6, 6.07) is 7.30. The highest BCUT2D eigenvalue weighted by atomic mass is 16.4. The summed E-state index contributed by atoms with van der Waals surface area (Å²) in [5, 5.41) is 17.7. The van der Waals surface area contributed by atoms with Gasteiger partial charge in [0.2, 0.25) is 0 Å². The third kappa shape index (κ3) is 3.34. The van der Waals surface area contributed by atoms with Crippen LogP contribution in [0.4, 0.5) is 0 Å². The average molecular weight is 379 g/mol. The average Bonchev–Trinajstić information content (AvgIpc) is 3.05. The minimum atomic E-state index is -1.01. The first-order chi connectivity index (χ1) is 13.6. The molecule has 0 spiro atoms. The first kappa shape index (κ1) is 18.1. The fourth-order valence-corrected chi connectivity index (χ4v) is 3.77. The molecule has 4 rings (SSSR count). The number of rotatable bonds is 6. The fraction of sp³-hybridized carbons (Fsp3) is 0.300. The Morgan fingerprint density at radius 3 is 3.04 bits per heavy atom. The maximum Gasteiger partial charge on any atom is 0.356 e. The van der Waals surface area contributed by atoms with E-state index in [1.165, 1.54) is 0 Å². The van der Waals surface area contributed by atoms with Crippen LogP contribution in [0.3, 0.4) is 0 Å².